The van der Waals surface area contributed by atoms with E-state index in [0.717, 1.165) is 32.4 Å². The first-order valence-electron chi connectivity index (χ1n) is 7.06. The molecule has 0 aliphatic carbocycles. The lowest BCUT2D eigenvalue weighted by Gasteiger charge is -2.28. The van der Waals surface area contributed by atoms with Crippen LogP contribution in [0.1, 0.15) is 47.0 Å². The lowest BCUT2D eigenvalue weighted by Crippen LogP contribution is -2.52. The van der Waals surface area contributed by atoms with Gasteiger partial charge < -0.3 is 15.4 Å². The topological polar surface area (TPSA) is 55.6 Å². The van der Waals surface area contributed by atoms with E-state index >= 15 is 0 Å². The van der Waals surface area contributed by atoms with Gasteiger partial charge in [0.2, 0.25) is 5.91 Å². The normalized spacial score (nSPS) is 22.2. The maximum absolute atomic E-state index is 12.3. The monoisotopic (exact) mass is 292 g/mol. The van der Waals surface area contributed by atoms with Crippen molar-refractivity contribution < 1.29 is 9.53 Å². The second-order valence-electron chi connectivity index (χ2n) is 6.06. The number of carbonyl (C=O) groups excluding carboxylic acids is 1. The molecular weight excluding hydrogens is 264 g/mol. The Hall–Kier alpha value is -0.320. The Kier molecular flexibility index (Phi) is 7.94. The summed E-state index contributed by atoms with van der Waals surface area (Å²) >= 11 is 0. The van der Waals surface area contributed by atoms with Gasteiger partial charge in [-0.25, -0.2) is 0 Å². The molecule has 0 aromatic heterocycles. The number of nitrogens with zero attached hydrogens (tertiary/aromatic N) is 1. The fourth-order valence-corrected chi connectivity index (χ4v) is 2.36. The lowest BCUT2D eigenvalue weighted by atomic mass is 9.96. The maximum Gasteiger partial charge on any atom is 0.242 e. The molecule has 0 spiro atoms. The predicted octanol–water partition coefficient (Wildman–Crippen LogP) is 2.20. The third-order valence-electron chi connectivity index (χ3n) is 3.36. The van der Waals surface area contributed by atoms with Crippen LogP contribution in [0.5, 0.6) is 0 Å². The van der Waals surface area contributed by atoms with E-state index in [-0.39, 0.29) is 24.4 Å². The molecule has 2 N–H and O–H groups in total. The molecule has 1 saturated heterocycles. The van der Waals surface area contributed by atoms with Crippen LogP contribution in [0.2, 0.25) is 0 Å². The number of hydrogen-bond acceptors (Lipinski definition) is 3. The number of likely N-dealkylation sites (tertiary alicyclic amines) is 1. The largest absolute Gasteiger partial charge is 0.376 e. The molecule has 2 unspecified atom stereocenters. The molecule has 5 heteroatoms. The molecule has 1 rings (SSSR count). The Balaban J connectivity index is 0.00000324. The average Bonchev–Trinajstić information content (AvgIpc) is 2.73. The Bertz CT molecular complexity index is 283. The fourth-order valence-electron chi connectivity index (χ4n) is 2.36. The standard InChI is InChI=1S/C14H28N2O2.ClH/c1-5-7-14(4,15)13(17)16-8-6-12(9-16)18-10-11(2)3;/h11-12H,5-10,15H2,1-4H3;1H. The molecule has 1 aliphatic rings. The van der Waals surface area contributed by atoms with E-state index in [4.69, 9.17) is 10.5 Å². The first kappa shape index (κ1) is 18.7. The Morgan fingerprint density at radius 2 is 2.16 bits per heavy atom. The van der Waals surface area contributed by atoms with Crippen LogP contribution >= 0.6 is 12.4 Å². The molecule has 0 radical (unpaired) electrons. The summed E-state index contributed by atoms with van der Waals surface area (Å²) in [6, 6.07) is 0. The molecule has 1 amide bonds. The molecular formula is C14H29ClN2O2. The maximum atomic E-state index is 12.3. The van der Waals surface area contributed by atoms with Crippen molar-refractivity contribution in [1.29, 1.82) is 0 Å². The number of rotatable bonds is 6. The van der Waals surface area contributed by atoms with Gasteiger partial charge >= 0.3 is 0 Å². The summed E-state index contributed by atoms with van der Waals surface area (Å²) in [6.45, 7) is 10.4. The average molecular weight is 293 g/mol. The molecule has 0 aromatic carbocycles. The zero-order valence-corrected chi connectivity index (χ0v) is 13.5. The van der Waals surface area contributed by atoms with Crippen LogP contribution < -0.4 is 5.73 Å². The van der Waals surface area contributed by atoms with Crippen molar-refractivity contribution in [2.24, 2.45) is 11.7 Å². The summed E-state index contributed by atoms with van der Waals surface area (Å²) in [4.78, 5) is 14.1. The number of nitrogens with two attached hydrogens (primary N) is 1. The van der Waals surface area contributed by atoms with Crippen molar-refractivity contribution in [3.05, 3.63) is 0 Å². The van der Waals surface area contributed by atoms with Crippen LogP contribution in [0, 0.1) is 5.92 Å². The van der Waals surface area contributed by atoms with Gasteiger partial charge in [-0.2, -0.15) is 0 Å². The highest BCUT2D eigenvalue weighted by atomic mass is 35.5. The van der Waals surface area contributed by atoms with E-state index in [1.807, 2.05) is 11.8 Å². The highest BCUT2D eigenvalue weighted by molar-refractivity contribution is 5.86. The third kappa shape index (κ3) is 5.67. The Morgan fingerprint density at radius 3 is 2.68 bits per heavy atom. The summed E-state index contributed by atoms with van der Waals surface area (Å²) < 4.78 is 5.78. The second-order valence-corrected chi connectivity index (χ2v) is 6.06. The lowest BCUT2D eigenvalue weighted by molar-refractivity contribution is -0.136. The molecule has 114 valence electrons. The van der Waals surface area contributed by atoms with Crippen LogP contribution in [0.3, 0.4) is 0 Å². The van der Waals surface area contributed by atoms with Gasteiger partial charge in [0.05, 0.1) is 11.6 Å². The Labute approximate surface area is 123 Å². The van der Waals surface area contributed by atoms with Crippen LogP contribution in [0.15, 0.2) is 0 Å². The van der Waals surface area contributed by atoms with Crippen molar-refractivity contribution in [2.75, 3.05) is 19.7 Å². The summed E-state index contributed by atoms with van der Waals surface area (Å²) in [6.07, 6.45) is 2.79. The first-order valence-corrected chi connectivity index (χ1v) is 7.06. The van der Waals surface area contributed by atoms with E-state index in [1.165, 1.54) is 0 Å². The fraction of sp³-hybridized carbons (Fsp3) is 0.929. The van der Waals surface area contributed by atoms with E-state index in [0.29, 0.717) is 12.5 Å². The molecule has 0 bridgehead atoms. The number of amides is 1. The van der Waals surface area contributed by atoms with Crippen LogP contribution in [-0.4, -0.2) is 42.1 Å². The highest BCUT2D eigenvalue weighted by Gasteiger charge is 2.35. The van der Waals surface area contributed by atoms with Gasteiger partial charge in [0, 0.05) is 19.7 Å². The van der Waals surface area contributed by atoms with Gasteiger partial charge in [-0.15, -0.1) is 12.4 Å². The van der Waals surface area contributed by atoms with E-state index in [1.54, 1.807) is 0 Å². The smallest absolute Gasteiger partial charge is 0.242 e. The minimum absolute atomic E-state index is 0. The van der Waals surface area contributed by atoms with Gasteiger partial charge in [-0.05, 0) is 25.7 Å². The van der Waals surface area contributed by atoms with E-state index < -0.39 is 5.54 Å². The van der Waals surface area contributed by atoms with Crippen molar-refractivity contribution in [3.8, 4) is 0 Å². The summed E-state index contributed by atoms with van der Waals surface area (Å²) in [5.74, 6) is 0.606. The quantitative estimate of drug-likeness (QED) is 0.816. The molecule has 1 heterocycles. The van der Waals surface area contributed by atoms with Crippen LogP contribution in [0.25, 0.3) is 0 Å². The molecule has 4 nitrogen and oxygen atoms in total. The number of ether oxygens (including phenoxy) is 1. The number of hydrogen-bond donors (Lipinski definition) is 1. The van der Waals surface area contributed by atoms with Crippen LogP contribution in [-0.2, 0) is 9.53 Å². The first-order chi connectivity index (χ1) is 8.36. The van der Waals surface area contributed by atoms with Crippen molar-refractivity contribution in [2.45, 2.75) is 58.6 Å². The van der Waals surface area contributed by atoms with E-state index in [2.05, 4.69) is 20.8 Å². The molecule has 1 fully saturated rings. The number of carbonyl (C=O) groups is 1. The molecule has 1 aliphatic heterocycles. The highest BCUT2D eigenvalue weighted by Crippen LogP contribution is 2.19. The SMILES string of the molecule is CCCC(C)(N)C(=O)N1CCC(OCC(C)C)C1.Cl. The third-order valence-corrected chi connectivity index (χ3v) is 3.36. The molecule has 0 saturated carbocycles. The van der Waals surface area contributed by atoms with Gasteiger partial charge in [0.25, 0.3) is 0 Å². The van der Waals surface area contributed by atoms with Gasteiger partial charge in [0.1, 0.15) is 0 Å². The minimum Gasteiger partial charge on any atom is -0.376 e. The Morgan fingerprint density at radius 1 is 1.53 bits per heavy atom. The van der Waals surface area contributed by atoms with Crippen molar-refractivity contribution >= 4 is 18.3 Å². The van der Waals surface area contributed by atoms with Crippen molar-refractivity contribution in [1.82, 2.24) is 4.90 Å². The molecule has 2 atom stereocenters. The summed E-state index contributed by atoms with van der Waals surface area (Å²) in [5, 5.41) is 0. The zero-order valence-electron chi connectivity index (χ0n) is 12.6. The van der Waals surface area contributed by atoms with Gasteiger partial charge in [0.15, 0.2) is 0 Å². The van der Waals surface area contributed by atoms with Crippen LogP contribution in [0.4, 0.5) is 0 Å². The van der Waals surface area contributed by atoms with Crippen molar-refractivity contribution in [3.63, 3.8) is 0 Å². The zero-order chi connectivity index (χ0) is 13.8. The second kappa shape index (κ2) is 8.08. The van der Waals surface area contributed by atoms with Gasteiger partial charge in [-0.1, -0.05) is 27.2 Å². The van der Waals surface area contributed by atoms with Gasteiger partial charge in [-0.3, -0.25) is 4.79 Å². The minimum atomic E-state index is -0.721. The summed E-state index contributed by atoms with van der Waals surface area (Å²) in [7, 11) is 0. The molecule has 19 heavy (non-hydrogen) atoms. The summed E-state index contributed by atoms with van der Waals surface area (Å²) in [5.41, 5.74) is 5.37. The number of halogens is 1. The predicted molar refractivity (Wildman–Crippen MR) is 80.5 cm³/mol. The molecule has 0 aromatic rings. The van der Waals surface area contributed by atoms with E-state index in [9.17, 15) is 4.79 Å².